The molecule has 1 atom stereocenters. The molecule has 0 spiro atoms. The van der Waals surface area contributed by atoms with Gasteiger partial charge in [0.25, 0.3) is 0 Å². The smallest absolute Gasteiger partial charge is 0.119 e. The molecule has 4 heteroatoms. The van der Waals surface area contributed by atoms with E-state index in [1.165, 1.54) is 42.6 Å². The number of likely N-dealkylation sites (tertiary alicyclic amines) is 1. The van der Waals surface area contributed by atoms with Gasteiger partial charge in [-0.25, -0.2) is 0 Å². The van der Waals surface area contributed by atoms with Crippen molar-refractivity contribution in [3.8, 4) is 16.9 Å². The number of hydrogen-bond donors (Lipinski definition) is 0. The fourth-order valence-electron chi connectivity index (χ4n) is 4.17. The van der Waals surface area contributed by atoms with E-state index < -0.39 is 0 Å². The van der Waals surface area contributed by atoms with Gasteiger partial charge < -0.3 is 9.47 Å². The Balaban J connectivity index is 1.32. The van der Waals surface area contributed by atoms with Crippen molar-refractivity contribution in [2.45, 2.75) is 25.8 Å². The fourth-order valence-corrected chi connectivity index (χ4v) is 4.17. The van der Waals surface area contributed by atoms with Gasteiger partial charge in [0.2, 0.25) is 0 Å². The summed E-state index contributed by atoms with van der Waals surface area (Å²) < 4.78 is 11.4. The highest BCUT2D eigenvalue weighted by Crippen LogP contribution is 2.26. The van der Waals surface area contributed by atoms with E-state index in [0.29, 0.717) is 6.04 Å². The van der Waals surface area contributed by atoms with Crippen molar-refractivity contribution in [2.24, 2.45) is 0 Å². The molecule has 2 aliphatic heterocycles. The Morgan fingerprint density at radius 1 is 0.857 bits per heavy atom. The number of hydrogen-bond acceptors (Lipinski definition) is 4. The van der Waals surface area contributed by atoms with E-state index in [1.54, 1.807) is 0 Å². The Hall–Kier alpha value is -1.88. The summed E-state index contributed by atoms with van der Waals surface area (Å²) in [5, 5.41) is 0. The van der Waals surface area contributed by atoms with E-state index >= 15 is 0 Å². The van der Waals surface area contributed by atoms with Crippen molar-refractivity contribution in [1.82, 2.24) is 9.80 Å². The predicted molar refractivity (Wildman–Crippen MR) is 114 cm³/mol. The van der Waals surface area contributed by atoms with Crippen LogP contribution in [0.5, 0.6) is 5.75 Å². The molecule has 4 rings (SSSR count). The van der Waals surface area contributed by atoms with Crippen molar-refractivity contribution in [3.05, 3.63) is 54.1 Å². The third kappa shape index (κ3) is 4.93. The van der Waals surface area contributed by atoms with Gasteiger partial charge in [0.05, 0.1) is 13.2 Å². The highest BCUT2D eigenvalue weighted by atomic mass is 16.5. The molecule has 0 aromatic heterocycles. The van der Waals surface area contributed by atoms with E-state index in [-0.39, 0.29) is 0 Å². The van der Waals surface area contributed by atoms with Crippen LogP contribution in [0.25, 0.3) is 11.1 Å². The molecule has 0 saturated carbocycles. The van der Waals surface area contributed by atoms with Crippen LogP contribution >= 0.6 is 0 Å². The summed E-state index contributed by atoms with van der Waals surface area (Å²) in [6.07, 6.45) is 2.66. The van der Waals surface area contributed by atoms with Gasteiger partial charge in [-0.3, -0.25) is 9.80 Å². The lowest BCUT2D eigenvalue weighted by molar-refractivity contribution is 0.0198. The molecule has 2 fully saturated rings. The molecule has 2 aliphatic rings. The number of morpholine rings is 1. The summed E-state index contributed by atoms with van der Waals surface area (Å²) in [7, 11) is 0. The zero-order chi connectivity index (χ0) is 19.2. The van der Waals surface area contributed by atoms with E-state index in [2.05, 4.69) is 65.3 Å². The van der Waals surface area contributed by atoms with Crippen LogP contribution in [0, 0.1) is 0 Å². The molecular formula is C24H32N2O2. The SMILES string of the molecule is CC(c1ccc(-c2ccc(OCCN3CCCC3)cc2)cc1)N1CCOCC1. The lowest BCUT2D eigenvalue weighted by atomic mass is 10.0. The second kappa shape index (κ2) is 9.55. The van der Waals surface area contributed by atoms with E-state index in [4.69, 9.17) is 9.47 Å². The average molecular weight is 381 g/mol. The molecule has 28 heavy (non-hydrogen) atoms. The first-order chi connectivity index (χ1) is 13.8. The van der Waals surface area contributed by atoms with Gasteiger partial charge in [-0.15, -0.1) is 0 Å². The molecule has 0 radical (unpaired) electrons. The summed E-state index contributed by atoms with van der Waals surface area (Å²) in [6.45, 7) is 10.3. The Morgan fingerprint density at radius 2 is 1.46 bits per heavy atom. The largest absolute Gasteiger partial charge is 0.492 e. The third-order valence-electron chi connectivity index (χ3n) is 6.05. The van der Waals surface area contributed by atoms with Gasteiger partial charge in [0.1, 0.15) is 12.4 Å². The van der Waals surface area contributed by atoms with Crippen LogP contribution in [0.3, 0.4) is 0 Å². The average Bonchev–Trinajstić information content (AvgIpc) is 3.28. The van der Waals surface area contributed by atoms with Crippen molar-refractivity contribution in [1.29, 1.82) is 0 Å². The van der Waals surface area contributed by atoms with E-state index in [0.717, 1.165) is 45.2 Å². The van der Waals surface area contributed by atoms with Crippen LogP contribution in [-0.4, -0.2) is 62.3 Å². The zero-order valence-corrected chi connectivity index (χ0v) is 17.0. The van der Waals surface area contributed by atoms with Crippen molar-refractivity contribution < 1.29 is 9.47 Å². The second-order valence-corrected chi connectivity index (χ2v) is 7.87. The highest BCUT2D eigenvalue weighted by Gasteiger charge is 2.18. The van der Waals surface area contributed by atoms with Crippen LogP contribution in [-0.2, 0) is 4.74 Å². The Morgan fingerprint density at radius 3 is 2.11 bits per heavy atom. The van der Waals surface area contributed by atoms with Crippen molar-refractivity contribution in [3.63, 3.8) is 0 Å². The minimum atomic E-state index is 0.435. The zero-order valence-electron chi connectivity index (χ0n) is 17.0. The standard InChI is InChI=1S/C24H32N2O2/c1-20(26-15-17-27-18-16-26)21-4-6-22(7-5-21)23-8-10-24(11-9-23)28-19-14-25-12-2-3-13-25/h4-11,20H,2-3,12-19H2,1H3. The molecule has 150 valence electrons. The normalized spacial score (nSPS) is 19.6. The summed E-state index contributed by atoms with van der Waals surface area (Å²) in [6, 6.07) is 17.9. The molecule has 0 bridgehead atoms. The summed E-state index contributed by atoms with van der Waals surface area (Å²) >= 11 is 0. The van der Waals surface area contributed by atoms with Crippen molar-refractivity contribution >= 4 is 0 Å². The maximum atomic E-state index is 5.92. The van der Waals surface area contributed by atoms with Gasteiger partial charge in [-0.1, -0.05) is 36.4 Å². The maximum Gasteiger partial charge on any atom is 0.119 e. The Labute approximate surface area is 169 Å². The predicted octanol–water partition coefficient (Wildman–Crippen LogP) is 4.22. The van der Waals surface area contributed by atoms with Gasteiger partial charge >= 0.3 is 0 Å². The van der Waals surface area contributed by atoms with Gasteiger partial charge in [0, 0.05) is 25.7 Å². The molecule has 2 saturated heterocycles. The summed E-state index contributed by atoms with van der Waals surface area (Å²) in [5.74, 6) is 0.959. The molecule has 2 aromatic carbocycles. The number of nitrogens with zero attached hydrogens (tertiary/aromatic N) is 2. The first kappa shape index (κ1) is 19.4. The molecule has 2 heterocycles. The molecular weight excluding hydrogens is 348 g/mol. The van der Waals surface area contributed by atoms with E-state index in [1.807, 2.05) is 0 Å². The molecule has 0 amide bonds. The minimum absolute atomic E-state index is 0.435. The first-order valence-electron chi connectivity index (χ1n) is 10.7. The maximum absolute atomic E-state index is 5.92. The van der Waals surface area contributed by atoms with Crippen LogP contribution in [0.4, 0.5) is 0 Å². The van der Waals surface area contributed by atoms with Gasteiger partial charge in [-0.05, 0) is 61.7 Å². The molecule has 2 aromatic rings. The Kier molecular flexibility index (Phi) is 6.63. The van der Waals surface area contributed by atoms with Crippen LogP contribution in [0.15, 0.2) is 48.5 Å². The second-order valence-electron chi connectivity index (χ2n) is 7.87. The number of rotatable bonds is 7. The Bertz CT molecular complexity index is 717. The molecule has 4 nitrogen and oxygen atoms in total. The van der Waals surface area contributed by atoms with Gasteiger partial charge in [-0.2, -0.15) is 0 Å². The lowest BCUT2D eigenvalue weighted by Crippen LogP contribution is -2.37. The van der Waals surface area contributed by atoms with Crippen LogP contribution in [0.2, 0.25) is 0 Å². The topological polar surface area (TPSA) is 24.9 Å². The third-order valence-corrected chi connectivity index (χ3v) is 6.05. The molecule has 0 aliphatic carbocycles. The number of ether oxygens (including phenoxy) is 2. The van der Waals surface area contributed by atoms with E-state index in [9.17, 15) is 0 Å². The molecule has 1 unspecified atom stereocenters. The molecule has 0 N–H and O–H groups in total. The summed E-state index contributed by atoms with van der Waals surface area (Å²) in [5.41, 5.74) is 3.85. The monoisotopic (exact) mass is 380 g/mol. The number of benzene rings is 2. The quantitative estimate of drug-likeness (QED) is 0.718. The summed E-state index contributed by atoms with van der Waals surface area (Å²) in [4.78, 5) is 4.97. The fraction of sp³-hybridized carbons (Fsp3) is 0.500. The van der Waals surface area contributed by atoms with Crippen LogP contribution in [0.1, 0.15) is 31.4 Å². The van der Waals surface area contributed by atoms with Crippen LogP contribution < -0.4 is 4.74 Å². The lowest BCUT2D eigenvalue weighted by Gasteiger charge is -2.32. The van der Waals surface area contributed by atoms with Crippen molar-refractivity contribution in [2.75, 3.05) is 52.5 Å². The van der Waals surface area contributed by atoms with Gasteiger partial charge in [0.15, 0.2) is 0 Å². The minimum Gasteiger partial charge on any atom is -0.492 e. The highest BCUT2D eigenvalue weighted by molar-refractivity contribution is 5.64. The first-order valence-corrected chi connectivity index (χ1v) is 10.7.